The van der Waals surface area contributed by atoms with Crippen LogP contribution in [0, 0.1) is 5.92 Å². The molecule has 4 heteroatoms. The Bertz CT molecular complexity index is 403. The van der Waals surface area contributed by atoms with E-state index in [1.807, 2.05) is 12.1 Å². The quantitative estimate of drug-likeness (QED) is 0.698. The van der Waals surface area contributed by atoms with E-state index in [4.69, 9.17) is 5.73 Å². The number of anilines is 1. The summed E-state index contributed by atoms with van der Waals surface area (Å²) in [5, 5.41) is 12.5. The highest BCUT2D eigenvalue weighted by molar-refractivity contribution is 5.78. The van der Waals surface area contributed by atoms with Gasteiger partial charge in [0.15, 0.2) is 0 Å². The zero-order valence-electron chi connectivity index (χ0n) is 10.4. The highest BCUT2D eigenvalue weighted by Gasteiger charge is 2.25. The van der Waals surface area contributed by atoms with Gasteiger partial charge < -0.3 is 16.2 Å². The van der Waals surface area contributed by atoms with Gasteiger partial charge in [0.25, 0.3) is 0 Å². The van der Waals surface area contributed by atoms with Crippen molar-refractivity contribution in [1.29, 1.82) is 0 Å². The molecule has 1 fully saturated rings. The summed E-state index contributed by atoms with van der Waals surface area (Å²) >= 11 is 0. The van der Waals surface area contributed by atoms with Gasteiger partial charge in [-0.05, 0) is 30.5 Å². The molecule has 2 rings (SSSR count). The number of benzene rings is 1. The molecule has 0 saturated heterocycles. The summed E-state index contributed by atoms with van der Waals surface area (Å²) in [6.07, 6.45) is 3.03. The average Bonchev–Trinajstić information content (AvgIpc) is 2.75. The Hall–Kier alpha value is -1.55. The number of hydrogen-bond acceptors (Lipinski definition) is 3. The van der Waals surface area contributed by atoms with Crippen LogP contribution in [0.15, 0.2) is 24.3 Å². The number of carbonyl (C=O) groups excluding carboxylic acids is 1. The first-order valence-electron chi connectivity index (χ1n) is 6.44. The highest BCUT2D eigenvalue weighted by atomic mass is 16.3. The van der Waals surface area contributed by atoms with Crippen LogP contribution < -0.4 is 11.1 Å². The molecule has 0 aromatic heterocycles. The number of rotatable bonds is 4. The lowest BCUT2D eigenvalue weighted by Crippen LogP contribution is -2.33. The van der Waals surface area contributed by atoms with Crippen molar-refractivity contribution in [3.05, 3.63) is 29.8 Å². The lowest BCUT2D eigenvalue weighted by molar-refractivity contribution is -0.120. The number of nitrogen functional groups attached to an aromatic ring is 1. The monoisotopic (exact) mass is 248 g/mol. The first-order chi connectivity index (χ1) is 8.65. The first kappa shape index (κ1) is 12.9. The minimum absolute atomic E-state index is 0.00104. The molecule has 0 bridgehead atoms. The van der Waals surface area contributed by atoms with Crippen molar-refractivity contribution in [3.63, 3.8) is 0 Å². The second-order valence-electron chi connectivity index (χ2n) is 4.98. The van der Waals surface area contributed by atoms with E-state index in [0.717, 1.165) is 24.8 Å². The van der Waals surface area contributed by atoms with Gasteiger partial charge in [-0.15, -0.1) is 0 Å². The van der Waals surface area contributed by atoms with Crippen LogP contribution in [0.2, 0.25) is 0 Å². The van der Waals surface area contributed by atoms with E-state index in [-0.39, 0.29) is 17.9 Å². The van der Waals surface area contributed by atoms with Crippen LogP contribution in [-0.4, -0.2) is 23.7 Å². The fourth-order valence-electron chi connectivity index (χ4n) is 2.38. The number of carbonyl (C=O) groups is 1. The normalized spacial score (nSPS) is 22.9. The van der Waals surface area contributed by atoms with Gasteiger partial charge in [0, 0.05) is 18.2 Å². The molecular formula is C14H20N2O2. The minimum atomic E-state index is -0.248. The number of aliphatic hydroxyl groups excluding tert-OH is 1. The molecule has 18 heavy (non-hydrogen) atoms. The second-order valence-corrected chi connectivity index (χ2v) is 4.98. The topological polar surface area (TPSA) is 75.4 Å². The Morgan fingerprint density at radius 2 is 2.06 bits per heavy atom. The predicted molar refractivity (Wildman–Crippen MR) is 70.9 cm³/mol. The smallest absolute Gasteiger partial charge is 0.224 e. The third-order valence-corrected chi connectivity index (χ3v) is 3.52. The molecule has 1 aliphatic carbocycles. The molecule has 1 amide bonds. The molecule has 4 nitrogen and oxygen atoms in total. The highest BCUT2D eigenvalue weighted by Crippen LogP contribution is 2.24. The van der Waals surface area contributed by atoms with Crippen LogP contribution in [0.5, 0.6) is 0 Å². The zero-order chi connectivity index (χ0) is 13.0. The molecule has 2 unspecified atom stereocenters. The SMILES string of the molecule is Nc1ccc(CC(=O)NCC2CCCC2O)cc1. The third kappa shape index (κ3) is 3.47. The van der Waals surface area contributed by atoms with Crippen LogP contribution in [0.1, 0.15) is 24.8 Å². The molecule has 98 valence electrons. The fraction of sp³-hybridized carbons (Fsp3) is 0.500. The maximum absolute atomic E-state index is 11.7. The number of nitrogens with two attached hydrogens (primary N) is 1. The molecule has 0 radical (unpaired) electrons. The molecule has 1 saturated carbocycles. The van der Waals surface area contributed by atoms with Crippen LogP contribution >= 0.6 is 0 Å². The van der Waals surface area contributed by atoms with Crippen LogP contribution in [0.3, 0.4) is 0 Å². The van der Waals surface area contributed by atoms with Crippen LogP contribution in [0.4, 0.5) is 5.69 Å². The summed E-state index contributed by atoms with van der Waals surface area (Å²) in [5.74, 6) is 0.222. The van der Waals surface area contributed by atoms with Gasteiger partial charge in [-0.1, -0.05) is 18.6 Å². The number of hydrogen-bond donors (Lipinski definition) is 3. The third-order valence-electron chi connectivity index (χ3n) is 3.52. The van der Waals surface area contributed by atoms with Crippen LogP contribution in [-0.2, 0) is 11.2 Å². The van der Waals surface area contributed by atoms with Crippen molar-refractivity contribution in [1.82, 2.24) is 5.32 Å². The van der Waals surface area contributed by atoms with Crippen molar-refractivity contribution in [3.8, 4) is 0 Å². The first-order valence-corrected chi connectivity index (χ1v) is 6.44. The molecule has 1 aromatic rings. The minimum Gasteiger partial charge on any atom is -0.399 e. The van der Waals surface area contributed by atoms with E-state index in [0.29, 0.717) is 18.7 Å². The van der Waals surface area contributed by atoms with Gasteiger partial charge >= 0.3 is 0 Å². The predicted octanol–water partition coefficient (Wildman–Crippen LogP) is 1.09. The Balaban J connectivity index is 1.76. The Labute approximate surface area is 107 Å². The summed E-state index contributed by atoms with van der Waals surface area (Å²) in [6.45, 7) is 0.578. The molecule has 2 atom stereocenters. The van der Waals surface area contributed by atoms with Gasteiger partial charge in [-0.2, -0.15) is 0 Å². The van der Waals surface area contributed by atoms with E-state index in [9.17, 15) is 9.90 Å². The van der Waals surface area contributed by atoms with E-state index in [1.165, 1.54) is 0 Å². The molecule has 0 spiro atoms. The van der Waals surface area contributed by atoms with Crippen LogP contribution in [0.25, 0.3) is 0 Å². The van der Waals surface area contributed by atoms with E-state index >= 15 is 0 Å². The van der Waals surface area contributed by atoms with Crippen molar-refractivity contribution < 1.29 is 9.90 Å². The van der Waals surface area contributed by atoms with Gasteiger partial charge in [-0.3, -0.25) is 4.79 Å². The molecule has 1 aliphatic rings. The summed E-state index contributed by atoms with van der Waals surface area (Å²) in [5.41, 5.74) is 7.24. The van der Waals surface area contributed by atoms with Gasteiger partial charge in [0.05, 0.1) is 12.5 Å². The van der Waals surface area contributed by atoms with Crippen molar-refractivity contribution in [2.75, 3.05) is 12.3 Å². The summed E-state index contributed by atoms with van der Waals surface area (Å²) < 4.78 is 0. The lowest BCUT2D eigenvalue weighted by Gasteiger charge is -2.15. The molecular weight excluding hydrogens is 228 g/mol. The average molecular weight is 248 g/mol. The van der Waals surface area contributed by atoms with E-state index in [2.05, 4.69) is 5.32 Å². The Kier molecular flexibility index (Phi) is 4.20. The van der Waals surface area contributed by atoms with Crippen molar-refractivity contribution in [2.45, 2.75) is 31.8 Å². The van der Waals surface area contributed by atoms with Gasteiger partial charge in [0.2, 0.25) is 5.91 Å². The molecule has 4 N–H and O–H groups in total. The van der Waals surface area contributed by atoms with Gasteiger partial charge in [0.1, 0.15) is 0 Å². The number of aliphatic hydroxyl groups is 1. The summed E-state index contributed by atoms with van der Waals surface area (Å²) in [4.78, 5) is 11.7. The molecule has 1 aromatic carbocycles. The maximum atomic E-state index is 11.7. The largest absolute Gasteiger partial charge is 0.399 e. The van der Waals surface area contributed by atoms with Crippen molar-refractivity contribution >= 4 is 11.6 Å². The van der Waals surface area contributed by atoms with Crippen molar-refractivity contribution in [2.24, 2.45) is 5.92 Å². The Morgan fingerprint density at radius 1 is 1.33 bits per heavy atom. The maximum Gasteiger partial charge on any atom is 0.224 e. The number of nitrogens with one attached hydrogen (secondary N) is 1. The lowest BCUT2D eigenvalue weighted by atomic mass is 10.1. The summed E-state index contributed by atoms with van der Waals surface area (Å²) in [7, 11) is 0. The molecule has 0 heterocycles. The zero-order valence-corrected chi connectivity index (χ0v) is 10.4. The molecule has 0 aliphatic heterocycles. The van der Waals surface area contributed by atoms with E-state index < -0.39 is 0 Å². The fourth-order valence-corrected chi connectivity index (χ4v) is 2.38. The number of amides is 1. The van der Waals surface area contributed by atoms with E-state index in [1.54, 1.807) is 12.1 Å². The van der Waals surface area contributed by atoms with Gasteiger partial charge in [-0.25, -0.2) is 0 Å². The standard InChI is InChI=1S/C14H20N2O2/c15-12-6-4-10(5-7-12)8-14(18)16-9-11-2-1-3-13(11)17/h4-7,11,13,17H,1-3,8-9,15H2,(H,16,18). The second kappa shape index (κ2) is 5.87. The Morgan fingerprint density at radius 3 is 2.67 bits per heavy atom. The summed E-state index contributed by atoms with van der Waals surface area (Å²) in [6, 6.07) is 7.31.